The molecule has 0 saturated carbocycles. The molecule has 0 aromatic heterocycles. The summed E-state index contributed by atoms with van der Waals surface area (Å²) >= 11 is 0. The third-order valence-corrected chi connectivity index (χ3v) is 4.09. The molecule has 1 N–H and O–H groups in total. The number of carbonyl (C=O) groups excluding carboxylic acids is 3. The third-order valence-electron chi connectivity index (χ3n) is 4.09. The Morgan fingerprint density at radius 3 is 2.21 bits per heavy atom. The monoisotopic (exact) mass is 392 g/mol. The zero-order valence-corrected chi connectivity index (χ0v) is 17.3. The Kier molecular flexibility index (Phi) is 10.2. The van der Waals surface area contributed by atoms with Gasteiger partial charge in [0.05, 0.1) is 6.61 Å². The summed E-state index contributed by atoms with van der Waals surface area (Å²) in [6, 6.07) is 10.7. The van der Waals surface area contributed by atoms with E-state index < -0.39 is 30.0 Å². The fourth-order valence-electron chi connectivity index (χ4n) is 2.70. The van der Waals surface area contributed by atoms with Gasteiger partial charge in [0.15, 0.2) is 6.61 Å². The van der Waals surface area contributed by atoms with Gasteiger partial charge in [-0.2, -0.15) is 0 Å². The molecule has 0 unspecified atom stereocenters. The van der Waals surface area contributed by atoms with Gasteiger partial charge >= 0.3 is 11.9 Å². The van der Waals surface area contributed by atoms with Crippen LogP contribution in [-0.2, 0) is 30.4 Å². The Morgan fingerprint density at radius 2 is 1.68 bits per heavy atom. The lowest BCUT2D eigenvalue weighted by Crippen LogP contribution is -2.51. The van der Waals surface area contributed by atoms with Crippen LogP contribution >= 0.6 is 0 Å². The first kappa shape index (κ1) is 23.6. The highest BCUT2D eigenvalue weighted by Crippen LogP contribution is 2.11. The largest absolute Gasteiger partial charge is 0.464 e. The Balaban J connectivity index is 0.000000289. The van der Waals surface area contributed by atoms with E-state index in [1.807, 2.05) is 0 Å². The second-order valence-corrected chi connectivity index (χ2v) is 7.14. The number of ether oxygens (including phenoxy) is 2. The zero-order valence-electron chi connectivity index (χ0n) is 17.3. The SMILES string of the molecule is CCOC(=O)C(C)(C)NC(=O)COC(C)=O.c1ccc(CN2CCCC2)cc1. The molecule has 0 aliphatic carbocycles. The van der Waals surface area contributed by atoms with Crippen molar-refractivity contribution in [2.24, 2.45) is 0 Å². The van der Waals surface area contributed by atoms with Crippen LogP contribution in [0.4, 0.5) is 0 Å². The normalized spacial score (nSPS) is 13.9. The Bertz CT molecular complexity index is 625. The fourth-order valence-corrected chi connectivity index (χ4v) is 2.70. The Morgan fingerprint density at radius 1 is 1.07 bits per heavy atom. The molecule has 156 valence electrons. The van der Waals surface area contributed by atoms with Crippen molar-refractivity contribution < 1.29 is 23.9 Å². The predicted molar refractivity (Wildman–Crippen MR) is 106 cm³/mol. The molecule has 0 atom stereocenters. The van der Waals surface area contributed by atoms with Gasteiger partial charge in [0, 0.05) is 13.5 Å². The van der Waals surface area contributed by atoms with Crippen LogP contribution in [0.5, 0.6) is 0 Å². The smallest absolute Gasteiger partial charge is 0.331 e. The molecule has 1 aliphatic heterocycles. The van der Waals surface area contributed by atoms with Gasteiger partial charge in [0.1, 0.15) is 5.54 Å². The summed E-state index contributed by atoms with van der Waals surface area (Å²) in [6.45, 7) is 9.44. The van der Waals surface area contributed by atoms with Crippen LogP contribution < -0.4 is 5.32 Å². The number of hydrogen-bond donors (Lipinski definition) is 1. The molecule has 0 bridgehead atoms. The standard InChI is InChI=1S/C11H15N.C10H17NO5/c1-2-6-11(7-3-1)10-12-8-4-5-9-12;1-5-15-9(14)10(3,4)11-8(13)6-16-7(2)12/h1-3,6-7H,4-5,8-10H2;5-6H2,1-4H3,(H,11,13). The minimum absolute atomic E-state index is 0.238. The number of esters is 2. The minimum Gasteiger partial charge on any atom is -0.464 e. The van der Waals surface area contributed by atoms with Crippen molar-refractivity contribution in [2.45, 2.75) is 52.6 Å². The lowest BCUT2D eigenvalue weighted by Gasteiger charge is -2.23. The van der Waals surface area contributed by atoms with Gasteiger partial charge in [-0.3, -0.25) is 14.5 Å². The van der Waals surface area contributed by atoms with Gasteiger partial charge in [-0.1, -0.05) is 30.3 Å². The molecular formula is C21H32N2O5. The van der Waals surface area contributed by atoms with E-state index in [1.165, 1.54) is 52.3 Å². The number of rotatable bonds is 7. The maximum absolute atomic E-state index is 11.4. The fraction of sp³-hybridized carbons (Fsp3) is 0.571. The number of likely N-dealkylation sites (tertiary alicyclic amines) is 1. The van der Waals surface area contributed by atoms with Crippen molar-refractivity contribution in [3.63, 3.8) is 0 Å². The van der Waals surface area contributed by atoms with Gasteiger partial charge in [-0.15, -0.1) is 0 Å². The van der Waals surface area contributed by atoms with E-state index in [2.05, 4.69) is 45.3 Å². The number of benzene rings is 1. The molecule has 7 nitrogen and oxygen atoms in total. The molecule has 0 radical (unpaired) electrons. The van der Waals surface area contributed by atoms with Crippen LogP contribution in [0, 0.1) is 0 Å². The van der Waals surface area contributed by atoms with Gasteiger partial charge in [0.25, 0.3) is 5.91 Å². The summed E-state index contributed by atoms with van der Waals surface area (Å²) in [5.74, 6) is -1.64. The number of amides is 1. The predicted octanol–water partition coefficient (Wildman–Crippen LogP) is 2.29. The number of nitrogens with one attached hydrogen (secondary N) is 1. The van der Waals surface area contributed by atoms with E-state index in [9.17, 15) is 14.4 Å². The lowest BCUT2D eigenvalue weighted by atomic mass is 10.1. The number of nitrogens with zero attached hydrogens (tertiary/aromatic N) is 1. The molecule has 1 fully saturated rings. The van der Waals surface area contributed by atoms with Crippen molar-refractivity contribution in [1.29, 1.82) is 0 Å². The van der Waals surface area contributed by atoms with E-state index in [4.69, 9.17) is 4.74 Å². The maximum atomic E-state index is 11.4. The van der Waals surface area contributed by atoms with Crippen molar-refractivity contribution in [1.82, 2.24) is 10.2 Å². The average molecular weight is 392 g/mol. The molecule has 1 amide bonds. The van der Waals surface area contributed by atoms with E-state index in [0.717, 1.165) is 6.54 Å². The van der Waals surface area contributed by atoms with E-state index >= 15 is 0 Å². The molecule has 1 aliphatic rings. The van der Waals surface area contributed by atoms with Crippen LogP contribution in [0.25, 0.3) is 0 Å². The summed E-state index contributed by atoms with van der Waals surface area (Å²) < 4.78 is 9.26. The quantitative estimate of drug-likeness (QED) is 0.717. The summed E-state index contributed by atoms with van der Waals surface area (Å²) in [5, 5.41) is 2.41. The van der Waals surface area contributed by atoms with E-state index in [1.54, 1.807) is 6.92 Å². The second-order valence-electron chi connectivity index (χ2n) is 7.14. The van der Waals surface area contributed by atoms with Gasteiger partial charge in [-0.05, 0) is 52.3 Å². The van der Waals surface area contributed by atoms with Crippen LogP contribution in [0.3, 0.4) is 0 Å². The van der Waals surface area contributed by atoms with Gasteiger partial charge in [0.2, 0.25) is 0 Å². The highest BCUT2D eigenvalue weighted by atomic mass is 16.5. The second kappa shape index (κ2) is 12.1. The lowest BCUT2D eigenvalue weighted by molar-refractivity contribution is -0.153. The Hall–Kier alpha value is -2.41. The molecule has 1 heterocycles. The summed E-state index contributed by atoms with van der Waals surface area (Å²) in [5.41, 5.74) is 0.312. The molecule has 7 heteroatoms. The first-order chi connectivity index (χ1) is 13.2. The van der Waals surface area contributed by atoms with Crippen molar-refractivity contribution in [2.75, 3.05) is 26.3 Å². The van der Waals surface area contributed by atoms with Gasteiger partial charge in [-0.25, -0.2) is 4.79 Å². The highest BCUT2D eigenvalue weighted by Gasteiger charge is 2.31. The van der Waals surface area contributed by atoms with Crippen LogP contribution in [0.1, 0.15) is 46.1 Å². The third kappa shape index (κ3) is 9.50. The molecule has 2 rings (SSSR count). The molecule has 0 spiro atoms. The molecule has 1 aromatic carbocycles. The summed E-state index contributed by atoms with van der Waals surface area (Å²) in [6.07, 6.45) is 2.76. The van der Waals surface area contributed by atoms with Gasteiger partial charge < -0.3 is 14.8 Å². The van der Waals surface area contributed by atoms with E-state index in [-0.39, 0.29) is 6.61 Å². The average Bonchev–Trinajstić information content (AvgIpc) is 3.14. The molecular weight excluding hydrogens is 360 g/mol. The first-order valence-electron chi connectivity index (χ1n) is 9.62. The summed E-state index contributed by atoms with van der Waals surface area (Å²) in [7, 11) is 0. The van der Waals surface area contributed by atoms with Crippen molar-refractivity contribution in [3.8, 4) is 0 Å². The molecule has 28 heavy (non-hydrogen) atoms. The van der Waals surface area contributed by atoms with Crippen molar-refractivity contribution >= 4 is 17.8 Å². The first-order valence-corrected chi connectivity index (χ1v) is 9.62. The van der Waals surface area contributed by atoms with Crippen LogP contribution in [0.15, 0.2) is 30.3 Å². The Labute approximate surface area is 167 Å². The molecule has 1 aromatic rings. The van der Waals surface area contributed by atoms with Crippen molar-refractivity contribution in [3.05, 3.63) is 35.9 Å². The van der Waals surface area contributed by atoms with Crippen LogP contribution in [-0.4, -0.2) is 54.6 Å². The number of hydrogen-bond acceptors (Lipinski definition) is 6. The van der Waals surface area contributed by atoms with Crippen LogP contribution in [0.2, 0.25) is 0 Å². The molecule has 1 saturated heterocycles. The van der Waals surface area contributed by atoms with E-state index in [0.29, 0.717) is 0 Å². The maximum Gasteiger partial charge on any atom is 0.331 e. The topological polar surface area (TPSA) is 84.9 Å². The summed E-state index contributed by atoms with van der Waals surface area (Å²) in [4.78, 5) is 35.6. The zero-order chi connectivity index (χ0) is 21.0. The highest BCUT2D eigenvalue weighted by molar-refractivity contribution is 5.88. The number of carbonyl (C=O) groups is 3. The minimum atomic E-state index is -1.13.